The first kappa shape index (κ1) is 15.7. The molecule has 2 N–H and O–H groups in total. The maximum Gasteiger partial charge on any atom is 0.239 e. The lowest BCUT2D eigenvalue weighted by Gasteiger charge is -2.27. The second kappa shape index (κ2) is 7.95. The molecule has 0 heterocycles. The molecule has 0 aromatic heterocycles. The quantitative estimate of drug-likeness (QED) is 0.820. The third-order valence-corrected chi connectivity index (χ3v) is 3.54. The van der Waals surface area contributed by atoms with E-state index in [2.05, 4.69) is 13.8 Å². The Morgan fingerprint density at radius 1 is 1.26 bits per heavy atom. The molecule has 2 atom stereocenters. The van der Waals surface area contributed by atoms with Crippen LogP contribution in [0.4, 0.5) is 0 Å². The fourth-order valence-electron chi connectivity index (χ4n) is 2.07. The molecule has 1 rings (SSSR count). The Bertz CT molecular complexity index is 378. The van der Waals surface area contributed by atoms with Crippen LogP contribution < -0.4 is 5.73 Å². The molecule has 19 heavy (non-hydrogen) atoms. The summed E-state index contributed by atoms with van der Waals surface area (Å²) in [6, 6.07) is 9.51. The van der Waals surface area contributed by atoms with E-state index in [1.54, 1.807) is 0 Å². The van der Waals surface area contributed by atoms with Crippen molar-refractivity contribution in [1.82, 2.24) is 4.90 Å². The monoisotopic (exact) mass is 262 g/mol. The van der Waals surface area contributed by atoms with Crippen LogP contribution in [-0.4, -0.2) is 29.9 Å². The molecule has 0 aliphatic heterocycles. The van der Waals surface area contributed by atoms with Crippen LogP contribution in [0.2, 0.25) is 0 Å². The van der Waals surface area contributed by atoms with Crippen molar-refractivity contribution in [2.24, 2.45) is 11.7 Å². The SMILES string of the molecule is CCC(C)CN(CC)C(=O)[C@@H](N)Cc1ccccc1. The minimum Gasteiger partial charge on any atom is -0.341 e. The number of hydrogen-bond acceptors (Lipinski definition) is 2. The zero-order valence-electron chi connectivity index (χ0n) is 12.3. The molecule has 0 spiro atoms. The van der Waals surface area contributed by atoms with Crippen molar-refractivity contribution in [2.75, 3.05) is 13.1 Å². The average Bonchev–Trinajstić information content (AvgIpc) is 2.44. The summed E-state index contributed by atoms with van der Waals surface area (Å²) in [7, 11) is 0. The first-order chi connectivity index (χ1) is 9.08. The summed E-state index contributed by atoms with van der Waals surface area (Å²) < 4.78 is 0. The lowest BCUT2D eigenvalue weighted by atomic mass is 10.0. The van der Waals surface area contributed by atoms with Crippen molar-refractivity contribution in [2.45, 2.75) is 39.7 Å². The van der Waals surface area contributed by atoms with E-state index in [0.29, 0.717) is 12.3 Å². The van der Waals surface area contributed by atoms with Gasteiger partial charge in [0.2, 0.25) is 5.91 Å². The normalized spacial score (nSPS) is 13.9. The van der Waals surface area contributed by atoms with Crippen molar-refractivity contribution in [3.05, 3.63) is 35.9 Å². The summed E-state index contributed by atoms with van der Waals surface area (Å²) in [5, 5.41) is 0. The zero-order chi connectivity index (χ0) is 14.3. The maximum absolute atomic E-state index is 12.3. The molecule has 0 aliphatic carbocycles. The first-order valence-corrected chi connectivity index (χ1v) is 7.16. The number of likely N-dealkylation sites (N-methyl/N-ethyl adjacent to an activating group) is 1. The maximum atomic E-state index is 12.3. The summed E-state index contributed by atoms with van der Waals surface area (Å²) in [6.07, 6.45) is 1.69. The number of hydrogen-bond donors (Lipinski definition) is 1. The minimum absolute atomic E-state index is 0.0617. The van der Waals surface area contributed by atoms with E-state index in [1.165, 1.54) is 0 Å². The Morgan fingerprint density at radius 3 is 2.42 bits per heavy atom. The van der Waals surface area contributed by atoms with Gasteiger partial charge in [0.05, 0.1) is 6.04 Å². The number of nitrogens with zero attached hydrogens (tertiary/aromatic N) is 1. The number of carbonyl (C=O) groups excluding carboxylic acids is 1. The van der Waals surface area contributed by atoms with Gasteiger partial charge in [-0.15, -0.1) is 0 Å². The smallest absolute Gasteiger partial charge is 0.239 e. The Balaban J connectivity index is 2.59. The molecule has 3 heteroatoms. The van der Waals surface area contributed by atoms with Crippen molar-refractivity contribution >= 4 is 5.91 Å². The van der Waals surface area contributed by atoms with Gasteiger partial charge in [0.1, 0.15) is 0 Å². The van der Waals surface area contributed by atoms with Gasteiger partial charge >= 0.3 is 0 Å². The molecule has 106 valence electrons. The van der Waals surface area contributed by atoms with E-state index in [0.717, 1.165) is 25.1 Å². The fourth-order valence-corrected chi connectivity index (χ4v) is 2.07. The highest BCUT2D eigenvalue weighted by molar-refractivity contribution is 5.82. The molecule has 0 aliphatic rings. The Hall–Kier alpha value is -1.35. The second-order valence-corrected chi connectivity index (χ2v) is 5.19. The number of carbonyl (C=O) groups is 1. The first-order valence-electron chi connectivity index (χ1n) is 7.16. The fraction of sp³-hybridized carbons (Fsp3) is 0.562. The highest BCUT2D eigenvalue weighted by Gasteiger charge is 2.21. The molecule has 0 fully saturated rings. The van der Waals surface area contributed by atoms with Crippen LogP contribution in [0.5, 0.6) is 0 Å². The molecule has 0 bridgehead atoms. The van der Waals surface area contributed by atoms with Gasteiger partial charge in [0, 0.05) is 13.1 Å². The third-order valence-electron chi connectivity index (χ3n) is 3.54. The van der Waals surface area contributed by atoms with Gasteiger partial charge in [-0.3, -0.25) is 4.79 Å². The predicted octanol–water partition coefficient (Wildman–Crippen LogP) is 2.45. The van der Waals surface area contributed by atoms with Crippen molar-refractivity contribution < 1.29 is 4.79 Å². The van der Waals surface area contributed by atoms with E-state index in [9.17, 15) is 4.79 Å². The van der Waals surface area contributed by atoms with E-state index >= 15 is 0 Å². The van der Waals surface area contributed by atoms with Gasteiger partial charge in [0.25, 0.3) is 0 Å². The van der Waals surface area contributed by atoms with E-state index in [4.69, 9.17) is 5.73 Å². The molecule has 1 unspecified atom stereocenters. The average molecular weight is 262 g/mol. The standard InChI is InChI=1S/C16H26N2O/c1-4-13(3)12-18(5-2)16(19)15(17)11-14-9-7-6-8-10-14/h6-10,13,15H,4-5,11-12,17H2,1-3H3/t13?,15-/m0/s1. The number of benzene rings is 1. The molecular weight excluding hydrogens is 236 g/mol. The number of amides is 1. The van der Waals surface area contributed by atoms with Gasteiger partial charge in [-0.1, -0.05) is 50.6 Å². The molecular formula is C16H26N2O. The van der Waals surface area contributed by atoms with Gasteiger partial charge in [-0.2, -0.15) is 0 Å². The van der Waals surface area contributed by atoms with E-state index < -0.39 is 6.04 Å². The van der Waals surface area contributed by atoms with Crippen molar-refractivity contribution in [1.29, 1.82) is 0 Å². The van der Waals surface area contributed by atoms with Gasteiger partial charge in [-0.25, -0.2) is 0 Å². The Labute approximate surface area is 116 Å². The molecule has 1 amide bonds. The van der Waals surface area contributed by atoms with Crippen LogP contribution >= 0.6 is 0 Å². The van der Waals surface area contributed by atoms with Crippen LogP contribution in [0.3, 0.4) is 0 Å². The molecule has 0 saturated heterocycles. The molecule has 0 radical (unpaired) electrons. The van der Waals surface area contributed by atoms with Crippen LogP contribution in [-0.2, 0) is 11.2 Å². The van der Waals surface area contributed by atoms with Crippen LogP contribution in [0.1, 0.15) is 32.8 Å². The van der Waals surface area contributed by atoms with Gasteiger partial charge < -0.3 is 10.6 Å². The van der Waals surface area contributed by atoms with Gasteiger partial charge in [-0.05, 0) is 24.8 Å². The summed E-state index contributed by atoms with van der Waals surface area (Å²) in [5.41, 5.74) is 7.17. The number of nitrogens with two attached hydrogens (primary N) is 1. The minimum atomic E-state index is -0.439. The van der Waals surface area contributed by atoms with Crippen LogP contribution in [0.25, 0.3) is 0 Å². The zero-order valence-corrected chi connectivity index (χ0v) is 12.3. The van der Waals surface area contributed by atoms with E-state index in [-0.39, 0.29) is 5.91 Å². The third kappa shape index (κ3) is 5.03. The number of rotatable bonds is 7. The summed E-state index contributed by atoms with van der Waals surface area (Å²) >= 11 is 0. The van der Waals surface area contributed by atoms with Crippen LogP contribution in [0.15, 0.2) is 30.3 Å². The topological polar surface area (TPSA) is 46.3 Å². The second-order valence-electron chi connectivity index (χ2n) is 5.19. The van der Waals surface area contributed by atoms with Crippen LogP contribution in [0, 0.1) is 5.92 Å². The molecule has 0 saturated carbocycles. The largest absolute Gasteiger partial charge is 0.341 e. The van der Waals surface area contributed by atoms with Crippen molar-refractivity contribution in [3.63, 3.8) is 0 Å². The molecule has 1 aromatic carbocycles. The summed E-state index contributed by atoms with van der Waals surface area (Å²) in [6.45, 7) is 7.85. The summed E-state index contributed by atoms with van der Waals surface area (Å²) in [5.74, 6) is 0.583. The molecule has 3 nitrogen and oxygen atoms in total. The Kier molecular flexibility index (Phi) is 6.57. The summed E-state index contributed by atoms with van der Waals surface area (Å²) in [4.78, 5) is 14.2. The lowest BCUT2D eigenvalue weighted by molar-refractivity contribution is -0.133. The predicted molar refractivity (Wildman–Crippen MR) is 79.8 cm³/mol. The van der Waals surface area contributed by atoms with E-state index in [1.807, 2.05) is 42.2 Å². The molecule has 1 aromatic rings. The Morgan fingerprint density at radius 2 is 1.89 bits per heavy atom. The highest BCUT2D eigenvalue weighted by Crippen LogP contribution is 2.08. The lowest BCUT2D eigenvalue weighted by Crippen LogP contribution is -2.46. The van der Waals surface area contributed by atoms with Crippen molar-refractivity contribution in [3.8, 4) is 0 Å². The van der Waals surface area contributed by atoms with Gasteiger partial charge in [0.15, 0.2) is 0 Å². The highest BCUT2D eigenvalue weighted by atomic mass is 16.2.